The molecule has 0 radical (unpaired) electrons. The van der Waals surface area contributed by atoms with Crippen LogP contribution >= 0.6 is 0 Å². The molecule has 4 rings (SSSR count). The smallest absolute Gasteiger partial charge is 0.0940 e. The second kappa shape index (κ2) is 7.55. The van der Waals surface area contributed by atoms with E-state index < -0.39 is 6.10 Å². The van der Waals surface area contributed by atoms with Gasteiger partial charge in [0.1, 0.15) is 0 Å². The largest absolute Gasteiger partial charge is 0.387 e. The first kappa shape index (κ1) is 17.8. The number of rotatable bonds is 6. The third-order valence-corrected chi connectivity index (χ3v) is 5.40. The van der Waals surface area contributed by atoms with E-state index in [0.29, 0.717) is 0 Å². The summed E-state index contributed by atoms with van der Waals surface area (Å²) in [5.74, 6) is 0. The van der Waals surface area contributed by atoms with Crippen molar-refractivity contribution in [2.75, 3.05) is 0 Å². The van der Waals surface area contributed by atoms with Crippen molar-refractivity contribution in [2.24, 2.45) is 0 Å². The molecule has 0 spiro atoms. The molecule has 0 aliphatic carbocycles. The van der Waals surface area contributed by atoms with E-state index in [0.717, 1.165) is 18.7 Å². The molecule has 1 aromatic heterocycles. The number of hydrogen-bond donors (Lipinski definition) is 2. The molecule has 2 N–H and O–H groups in total. The molecule has 1 heterocycles. The molecule has 3 aromatic carbocycles. The number of aliphatic hydroxyl groups is 1. The summed E-state index contributed by atoms with van der Waals surface area (Å²) in [6.07, 6.45) is -0.517. The Hall–Kier alpha value is -2.62. The highest BCUT2D eigenvalue weighted by atomic mass is 16.3. The lowest BCUT2D eigenvalue weighted by Crippen LogP contribution is -2.31. The number of nitrogens with zero attached hydrogens (tertiary/aromatic N) is 1. The first-order valence-electron chi connectivity index (χ1n) is 9.65. The highest BCUT2D eigenvalue weighted by molar-refractivity contribution is 6.08. The van der Waals surface area contributed by atoms with Crippen molar-refractivity contribution in [3.05, 3.63) is 83.9 Å². The summed E-state index contributed by atoms with van der Waals surface area (Å²) < 4.78 is 2.36. The molecule has 0 saturated heterocycles. The zero-order chi connectivity index (χ0) is 18.8. The minimum absolute atomic E-state index is 0.0277. The van der Waals surface area contributed by atoms with Crippen molar-refractivity contribution in [1.29, 1.82) is 0 Å². The Bertz CT molecular complexity index is 1050. The van der Waals surface area contributed by atoms with Crippen molar-refractivity contribution in [1.82, 2.24) is 9.88 Å². The van der Waals surface area contributed by atoms with Crippen LogP contribution in [0.5, 0.6) is 0 Å². The van der Waals surface area contributed by atoms with Gasteiger partial charge in [0.05, 0.1) is 6.10 Å². The van der Waals surface area contributed by atoms with Crippen molar-refractivity contribution < 1.29 is 5.11 Å². The van der Waals surface area contributed by atoms with Gasteiger partial charge in [-0.25, -0.2) is 0 Å². The highest BCUT2D eigenvalue weighted by Gasteiger charge is 2.16. The Morgan fingerprint density at radius 3 is 2.37 bits per heavy atom. The van der Waals surface area contributed by atoms with Crippen LogP contribution in [-0.2, 0) is 13.1 Å². The number of fused-ring (bicyclic) bond motifs is 3. The molecule has 0 bridgehead atoms. The lowest BCUT2D eigenvalue weighted by atomic mass is 10.0. The molecule has 3 nitrogen and oxygen atoms in total. The van der Waals surface area contributed by atoms with Crippen LogP contribution in [0, 0.1) is 0 Å². The van der Waals surface area contributed by atoms with Gasteiger partial charge in [-0.1, -0.05) is 54.6 Å². The number of aryl methyl sites for hydroxylation is 1. The lowest BCUT2D eigenvalue weighted by molar-refractivity contribution is 0.135. The maximum atomic E-state index is 10.5. The van der Waals surface area contributed by atoms with Crippen LogP contribution in [0.2, 0.25) is 0 Å². The quantitative estimate of drug-likeness (QED) is 0.507. The van der Waals surface area contributed by atoms with Gasteiger partial charge in [-0.15, -0.1) is 0 Å². The van der Waals surface area contributed by atoms with Gasteiger partial charge in [0, 0.05) is 40.9 Å². The summed E-state index contributed by atoms with van der Waals surface area (Å²) in [5, 5.41) is 16.6. The predicted molar refractivity (Wildman–Crippen MR) is 113 cm³/mol. The Morgan fingerprint density at radius 1 is 0.889 bits per heavy atom. The van der Waals surface area contributed by atoms with E-state index in [1.54, 1.807) is 0 Å². The summed E-state index contributed by atoms with van der Waals surface area (Å²) in [5.41, 5.74) is 4.74. The number of para-hydroxylation sites is 1. The molecule has 0 saturated carbocycles. The summed E-state index contributed by atoms with van der Waals surface area (Å²) in [6.45, 7) is 5.90. The summed E-state index contributed by atoms with van der Waals surface area (Å²) in [4.78, 5) is 0. The lowest BCUT2D eigenvalue weighted by Gasteiger charge is -2.20. The van der Waals surface area contributed by atoms with Crippen molar-refractivity contribution in [3.8, 4) is 0 Å². The van der Waals surface area contributed by atoms with Gasteiger partial charge >= 0.3 is 0 Å². The molecule has 0 unspecified atom stereocenters. The summed E-state index contributed by atoms with van der Waals surface area (Å²) in [7, 11) is 0. The first-order chi connectivity index (χ1) is 13.2. The fraction of sp³-hybridized carbons (Fsp3) is 0.250. The van der Waals surface area contributed by atoms with Gasteiger partial charge in [0.25, 0.3) is 0 Å². The van der Waals surface area contributed by atoms with E-state index in [9.17, 15) is 5.11 Å². The van der Waals surface area contributed by atoms with Crippen LogP contribution in [0.15, 0.2) is 72.8 Å². The van der Waals surface area contributed by atoms with Crippen LogP contribution in [0.1, 0.15) is 31.1 Å². The van der Waals surface area contributed by atoms with E-state index in [1.807, 2.05) is 37.3 Å². The van der Waals surface area contributed by atoms with Gasteiger partial charge in [-0.2, -0.15) is 0 Å². The van der Waals surface area contributed by atoms with E-state index in [2.05, 4.69) is 59.3 Å². The maximum Gasteiger partial charge on any atom is 0.0940 e. The van der Waals surface area contributed by atoms with E-state index in [1.165, 1.54) is 27.4 Å². The van der Waals surface area contributed by atoms with Crippen LogP contribution in [0.25, 0.3) is 21.8 Å². The third-order valence-electron chi connectivity index (χ3n) is 5.40. The van der Waals surface area contributed by atoms with Crippen LogP contribution in [0.4, 0.5) is 0 Å². The molecule has 138 valence electrons. The zero-order valence-electron chi connectivity index (χ0n) is 15.9. The molecular weight excluding hydrogens is 332 g/mol. The molecule has 0 amide bonds. The number of aliphatic hydroxyl groups excluding tert-OH is 1. The van der Waals surface area contributed by atoms with Gasteiger partial charge in [-0.05, 0) is 43.2 Å². The van der Waals surface area contributed by atoms with Gasteiger partial charge in [0.2, 0.25) is 0 Å². The van der Waals surface area contributed by atoms with Crippen LogP contribution in [-0.4, -0.2) is 15.7 Å². The van der Waals surface area contributed by atoms with Gasteiger partial charge < -0.3 is 15.0 Å². The molecule has 0 fully saturated rings. The molecule has 2 atom stereocenters. The number of benzene rings is 3. The van der Waals surface area contributed by atoms with Gasteiger partial charge in [0.15, 0.2) is 0 Å². The third kappa shape index (κ3) is 3.36. The first-order valence-corrected chi connectivity index (χ1v) is 9.65. The average molecular weight is 358 g/mol. The Labute approximate surface area is 160 Å². The minimum Gasteiger partial charge on any atom is -0.387 e. The normalized spacial score (nSPS) is 13.9. The maximum absolute atomic E-state index is 10.5. The Kier molecular flexibility index (Phi) is 4.97. The van der Waals surface area contributed by atoms with Crippen LogP contribution in [0.3, 0.4) is 0 Å². The summed E-state index contributed by atoms with van der Waals surface area (Å²) in [6, 6.07) is 25.1. The highest BCUT2D eigenvalue weighted by Crippen LogP contribution is 2.29. The fourth-order valence-corrected chi connectivity index (χ4v) is 3.88. The topological polar surface area (TPSA) is 37.2 Å². The zero-order valence-corrected chi connectivity index (χ0v) is 15.9. The van der Waals surface area contributed by atoms with Crippen LogP contribution < -0.4 is 5.32 Å². The minimum atomic E-state index is -0.517. The molecule has 0 aliphatic rings. The van der Waals surface area contributed by atoms with Gasteiger partial charge in [-0.3, -0.25) is 0 Å². The second-order valence-electron chi connectivity index (χ2n) is 7.14. The molecule has 4 aromatic rings. The average Bonchev–Trinajstić information content (AvgIpc) is 3.05. The van der Waals surface area contributed by atoms with Crippen molar-refractivity contribution in [3.63, 3.8) is 0 Å². The van der Waals surface area contributed by atoms with Crippen molar-refractivity contribution >= 4 is 21.8 Å². The van der Waals surface area contributed by atoms with E-state index >= 15 is 0 Å². The SMILES string of the molecule is CCn1c2ccccc2c2cc(CN[C@@H](C)[C@H](O)c3ccccc3)ccc21. The molecule has 27 heavy (non-hydrogen) atoms. The fourth-order valence-electron chi connectivity index (χ4n) is 3.88. The number of aromatic nitrogens is 1. The molecular formula is C24H26N2O. The van der Waals surface area contributed by atoms with E-state index in [-0.39, 0.29) is 6.04 Å². The Morgan fingerprint density at radius 2 is 1.59 bits per heavy atom. The molecule has 0 aliphatic heterocycles. The Balaban J connectivity index is 1.57. The monoisotopic (exact) mass is 358 g/mol. The number of nitrogens with one attached hydrogen (secondary N) is 1. The van der Waals surface area contributed by atoms with E-state index in [4.69, 9.17) is 0 Å². The number of hydrogen-bond acceptors (Lipinski definition) is 2. The standard InChI is InChI=1S/C24H26N2O/c1-3-26-22-12-8-7-11-20(22)21-15-18(13-14-23(21)26)16-25-17(2)24(27)19-9-5-4-6-10-19/h4-15,17,24-25,27H,3,16H2,1-2H3/t17-,24-/m0/s1. The summed E-state index contributed by atoms with van der Waals surface area (Å²) >= 11 is 0. The van der Waals surface area contributed by atoms with Crippen molar-refractivity contribution in [2.45, 2.75) is 39.1 Å². The second-order valence-corrected chi connectivity index (χ2v) is 7.14. The molecule has 3 heteroatoms. The predicted octanol–water partition coefficient (Wildman–Crippen LogP) is 5.03.